The minimum Gasteiger partial charge on any atom is -0.397 e. The standard InChI is InChI=1S/C20H16N4OS2/c1-26-14-4-2-3-13(11-14)23-19(25)18-17(21)15-5-6-16(24-20(15)27-18)12-7-9-22-10-8-12/h2-11H,21H2,1H3,(H,23,25). The number of anilines is 2. The summed E-state index contributed by atoms with van der Waals surface area (Å²) in [5, 5.41) is 3.72. The summed E-state index contributed by atoms with van der Waals surface area (Å²) in [5.41, 5.74) is 9.23. The molecular formula is C20H16N4OS2. The molecule has 0 atom stereocenters. The Kier molecular flexibility index (Phi) is 4.79. The van der Waals surface area contributed by atoms with Crippen LogP contribution in [0.4, 0.5) is 11.4 Å². The minimum atomic E-state index is -0.223. The van der Waals surface area contributed by atoms with E-state index in [2.05, 4.69) is 15.3 Å². The Balaban J connectivity index is 1.67. The zero-order chi connectivity index (χ0) is 18.8. The molecule has 1 aromatic carbocycles. The summed E-state index contributed by atoms with van der Waals surface area (Å²) < 4.78 is 0. The number of pyridine rings is 2. The maximum atomic E-state index is 12.7. The zero-order valence-electron chi connectivity index (χ0n) is 14.5. The molecule has 1 amide bonds. The molecule has 0 saturated carbocycles. The van der Waals surface area contributed by atoms with E-state index in [1.54, 1.807) is 24.2 Å². The van der Waals surface area contributed by atoms with Crippen molar-refractivity contribution in [1.29, 1.82) is 0 Å². The predicted molar refractivity (Wildman–Crippen MR) is 113 cm³/mol. The van der Waals surface area contributed by atoms with Gasteiger partial charge in [-0.15, -0.1) is 23.1 Å². The summed E-state index contributed by atoms with van der Waals surface area (Å²) in [6, 6.07) is 15.3. The van der Waals surface area contributed by atoms with E-state index < -0.39 is 0 Å². The van der Waals surface area contributed by atoms with Crippen LogP contribution in [0.2, 0.25) is 0 Å². The smallest absolute Gasteiger partial charge is 0.267 e. The Morgan fingerprint density at radius 3 is 2.74 bits per heavy atom. The largest absolute Gasteiger partial charge is 0.397 e. The van der Waals surface area contributed by atoms with Crippen molar-refractivity contribution in [2.24, 2.45) is 0 Å². The normalized spacial score (nSPS) is 10.9. The fourth-order valence-corrected chi connectivity index (χ4v) is 4.19. The molecule has 134 valence electrons. The van der Waals surface area contributed by atoms with E-state index in [1.165, 1.54) is 11.3 Å². The van der Waals surface area contributed by atoms with Gasteiger partial charge < -0.3 is 11.1 Å². The highest BCUT2D eigenvalue weighted by atomic mass is 32.2. The quantitative estimate of drug-likeness (QED) is 0.482. The second-order valence-electron chi connectivity index (χ2n) is 5.82. The Morgan fingerprint density at radius 1 is 1.15 bits per heavy atom. The first-order chi connectivity index (χ1) is 13.2. The summed E-state index contributed by atoms with van der Waals surface area (Å²) in [6.07, 6.45) is 5.45. The number of nitrogen functional groups attached to an aromatic ring is 1. The van der Waals surface area contributed by atoms with E-state index >= 15 is 0 Å². The number of nitrogens with two attached hydrogens (primary N) is 1. The van der Waals surface area contributed by atoms with Gasteiger partial charge in [-0.25, -0.2) is 4.98 Å². The number of benzene rings is 1. The summed E-state index contributed by atoms with van der Waals surface area (Å²) in [4.78, 5) is 23.7. The Hall–Kier alpha value is -2.90. The van der Waals surface area contributed by atoms with E-state index in [-0.39, 0.29) is 5.91 Å². The number of carbonyl (C=O) groups is 1. The number of hydrogen-bond acceptors (Lipinski definition) is 6. The average Bonchev–Trinajstić information content (AvgIpc) is 3.05. The molecular weight excluding hydrogens is 376 g/mol. The molecule has 3 heterocycles. The highest BCUT2D eigenvalue weighted by Gasteiger charge is 2.18. The lowest BCUT2D eigenvalue weighted by Crippen LogP contribution is -2.11. The van der Waals surface area contributed by atoms with Crippen molar-refractivity contribution < 1.29 is 4.79 Å². The van der Waals surface area contributed by atoms with Crippen molar-refractivity contribution >= 4 is 50.6 Å². The van der Waals surface area contributed by atoms with Gasteiger partial charge in [0.1, 0.15) is 9.71 Å². The van der Waals surface area contributed by atoms with Crippen LogP contribution in [0, 0.1) is 0 Å². The van der Waals surface area contributed by atoms with E-state index in [0.717, 1.165) is 32.1 Å². The molecule has 0 saturated heterocycles. The topological polar surface area (TPSA) is 80.9 Å². The van der Waals surface area contributed by atoms with Crippen LogP contribution in [0.1, 0.15) is 9.67 Å². The van der Waals surface area contributed by atoms with Gasteiger partial charge in [0.15, 0.2) is 0 Å². The monoisotopic (exact) mass is 392 g/mol. The molecule has 3 aromatic heterocycles. The van der Waals surface area contributed by atoms with Crippen LogP contribution >= 0.6 is 23.1 Å². The number of hydrogen-bond donors (Lipinski definition) is 2. The number of nitrogens with zero attached hydrogens (tertiary/aromatic N) is 2. The number of rotatable bonds is 4. The van der Waals surface area contributed by atoms with Crippen molar-refractivity contribution in [3.8, 4) is 11.3 Å². The molecule has 5 nitrogen and oxygen atoms in total. The molecule has 0 fully saturated rings. The van der Waals surface area contributed by atoms with E-state index in [0.29, 0.717) is 10.6 Å². The Morgan fingerprint density at radius 2 is 1.96 bits per heavy atom. The van der Waals surface area contributed by atoms with Gasteiger partial charge in [-0.05, 0) is 48.7 Å². The first kappa shape index (κ1) is 17.5. The molecule has 3 N–H and O–H groups in total. The predicted octanol–water partition coefficient (Wildman–Crippen LogP) is 4.91. The molecule has 0 radical (unpaired) electrons. The van der Waals surface area contributed by atoms with Crippen LogP contribution in [-0.2, 0) is 0 Å². The third-order valence-corrected chi connectivity index (χ3v) is 5.94. The van der Waals surface area contributed by atoms with Crippen LogP contribution in [-0.4, -0.2) is 22.1 Å². The van der Waals surface area contributed by atoms with Gasteiger partial charge >= 0.3 is 0 Å². The van der Waals surface area contributed by atoms with Crippen LogP contribution in [0.3, 0.4) is 0 Å². The number of fused-ring (bicyclic) bond motifs is 1. The van der Waals surface area contributed by atoms with Crippen molar-refractivity contribution in [3.63, 3.8) is 0 Å². The summed E-state index contributed by atoms with van der Waals surface area (Å²) in [5.74, 6) is -0.223. The highest BCUT2D eigenvalue weighted by molar-refractivity contribution is 7.98. The number of carbonyl (C=O) groups excluding carboxylic acids is 1. The number of aromatic nitrogens is 2. The molecule has 4 rings (SSSR count). The zero-order valence-corrected chi connectivity index (χ0v) is 16.1. The molecule has 7 heteroatoms. The maximum Gasteiger partial charge on any atom is 0.267 e. The third-order valence-electron chi connectivity index (χ3n) is 4.10. The fraction of sp³-hybridized carbons (Fsp3) is 0.0500. The van der Waals surface area contributed by atoms with Gasteiger partial charge in [0.25, 0.3) is 5.91 Å². The second kappa shape index (κ2) is 7.38. The van der Waals surface area contributed by atoms with Crippen molar-refractivity contribution in [1.82, 2.24) is 9.97 Å². The molecule has 0 aliphatic rings. The van der Waals surface area contributed by atoms with Crippen LogP contribution < -0.4 is 11.1 Å². The van der Waals surface area contributed by atoms with Crippen LogP contribution in [0.5, 0.6) is 0 Å². The summed E-state index contributed by atoms with van der Waals surface area (Å²) in [6.45, 7) is 0. The Labute approximate surface area is 164 Å². The number of thioether (sulfide) groups is 1. The molecule has 0 spiro atoms. The summed E-state index contributed by atoms with van der Waals surface area (Å²) >= 11 is 2.93. The van der Waals surface area contributed by atoms with E-state index in [9.17, 15) is 4.79 Å². The van der Waals surface area contributed by atoms with Crippen LogP contribution in [0.15, 0.2) is 65.8 Å². The third kappa shape index (κ3) is 3.51. The lowest BCUT2D eigenvalue weighted by atomic mass is 10.1. The highest BCUT2D eigenvalue weighted by Crippen LogP contribution is 2.34. The van der Waals surface area contributed by atoms with Crippen molar-refractivity contribution in [2.45, 2.75) is 4.90 Å². The maximum absolute atomic E-state index is 12.7. The molecule has 4 aromatic rings. The number of thiophene rings is 1. The average molecular weight is 393 g/mol. The van der Waals surface area contributed by atoms with Gasteiger partial charge in [-0.1, -0.05) is 6.07 Å². The molecule has 0 aliphatic carbocycles. The van der Waals surface area contributed by atoms with Gasteiger partial charge in [-0.3, -0.25) is 9.78 Å². The SMILES string of the molecule is CSc1cccc(NC(=O)c2sc3nc(-c4ccncc4)ccc3c2N)c1. The molecule has 0 unspecified atom stereocenters. The first-order valence-electron chi connectivity index (χ1n) is 8.20. The lowest BCUT2D eigenvalue weighted by Gasteiger charge is -2.05. The van der Waals surface area contributed by atoms with E-state index in [1.807, 2.05) is 54.8 Å². The lowest BCUT2D eigenvalue weighted by molar-refractivity contribution is 0.103. The Bertz CT molecular complexity index is 1130. The van der Waals surface area contributed by atoms with Gasteiger partial charge in [0.2, 0.25) is 0 Å². The van der Waals surface area contributed by atoms with E-state index in [4.69, 9.17) is 5.73 Å². The first-order valence-corrected chi connectivity index (χ1v) is 10.2. The van der Waals surface area contributed by atoms with Gasteiger partial charge in [0.05, 0.1) is 11.4 Å². The fourth-order valence-electron chi connectivity index (χ4n) is 2.74. The van der Waals surface area contributed by atoms with Crippen LogP contribution in [0.25, 0.3) is 21.5 Å². The van der Waals surface area contributed by atoms with Crippen molar-refractivity contribution in [3.05, 3.63) is 65.8 Å². The van der Waals surface area contributed by atoms with Gasteiger partial charge in [0, 0.05) is 33.9 Å². The molecule has 0 aliphatic heterocycles. The summed E-state index contributed by atoms with van der Waals surface area (Å²) in [7, 11) is 0. The van der Waals surface area contributed by atoms with Crippen molar-refractivity contribution in [2.75, 3.05) is 17.3 Å². The van der Waals surface area contributed by atoms with Gasteiger partial charge in [-0.2, -0.15) is 0 Å². The second-order valence-corrected chi connectivity index (χ2v) is 7.69. The number of amides is 1. The molecule has 27 heavy (non-hydrogen) atoms. The minimum absolute atomic E-state index is 0.223. The number of nitrogens with one attached hydrogen (secondary N) is 1. The molecule has 0 bridgehead atoms.